The van der Waals surface area contributed by atoms with Gasteiger partial charge in [0.05, 0.1) is 18.4 Å². The maximum absolute atomic E-state index is 12.7. The molecule has 0 aliphatic rings. The number of nitrogens with one attached hydrogen (secondary N) is 2. The molecule has 0 fully saturated rings. The van der Waals surface area contributed by atoms with E-state index in [-0.39, 0.29) is 5.91 Å². The number of hydrogen-bond acceptors (Lipinski definition) is 3. The molecule has 0 heterocycles. The van der Waals surface area contributed by atoms with Gasteiger partial charge < -0.3 is 10.1 Å². The lowest BCUT2D eigenvalue weighted by atomic mass is 10.2. The average Bonchev–Trinajstić information content (AvgIpc) is 2.69. The molecular weight excluding hydrogens is 326 g/mol. The number of amides is 1. The zero-order valence-electron chi connectivity index (χ0n) is 14.3. The molecule has 5 nitrogen and oxygen atoms in total. The quantitative estimate of drug-likeness (QED) is 0.549. The van der Waals surface area contributed by atoms with Gasteiger partial charge in [-0.05, 0) is 36.4 Å². The second-order valence-electron chi connectivity index (χ2n) is 5.44. The summed E-state index contributed by atoms with van der Waals surface area (Å²) in [6.45, 7) is 0. The molecule has 0 bridgehead atoms. The summed E-state index contributed by atoms with van der Waals surface area (Å²) >= 11 is 0. The minimum Gasteiger partial charge on any atom is -0.496 e. The number of carbonyl (C=O) groups is 1. The molecule has 2 N–H and O–H groups in total. The molecule has 26 heavy (non-hydrogen) atoms. The summed E-state index contributed by atoms with van der Waals surface area (Å²) < 4.78 is 5.26. The first-order valence-corrected chi connectivity index (χ1v) is 8.16. The molecule has 0 unspecified atom stereocenters. The summed E-state index contributed by atoms with van der Waals surface area (Å²) in [5.74, 6) is 0.530. The van der Waals surface area contributed by atoms with Crippen molar-refractivity contribution in [2.75, 3.05) is 12.4 Å². The summed E-state index contributed by atoms with van der Waals surface area (Å²) in [6.07, 6.45) is 0. The highest BCUT2D eigenvalue weighted by molar-refractivity contribution is 6.11. The van der Waals surface area contributed by atoms with Gasteiger partial charge in [0.1, 0.15) is 5.75 Å². The number of para-hydroxylation sites is 3. The summed E-state index contributed by atoms with van der Waals surface area (Å²) in [6, 6.07) is 26.0. The molecule has 0 saturated carbocycles. The molecular formula is C21H19N3O2. The monoisotopic (exact) mass is 345 g/mol. The van der Waals surface area contributed by atoms with E-state index in [1.807, 2.05) is 66.7 Å². The van der Waals surface area contributed by atoms with Crippen LogP contribution < -0.4 is 15.4 Å². The largest absolute Gasteiger partial charge is 0.496 e. The Labute approximate surface area is 152 Å². The molecule has 130 valence electrons. The van der Waals surface area contributed by atoms with Crippen molar-refractivity contribution in [3.05, 3.63) is 90.5 Å². The Balaban J connectivity index is 1.88. The minimum absolute atomic E-state index is 0.305. The predicted octanol–water partition coefficient (Wildman–Crippen LogP) is 4.22. The van der Waals surface area contributed by atoms with Crippen molar-refractivity contribution >= 4 is 23.2 Å². The van der Waals surface area contributed by atoms with E-state index in [9.17, 15) is 4.79 Å². The molecule has 1 amide bonds. The van der Waals surface area contributed by atoms with Crippen molar-refractivity contribution < 1.29 is 9.53 Å². The van der Waals surface area contributed by atoms with Crippen molar-refractivity contribution in [1.29, 1.82) is 0 Å². The first-order valence-electron chi connectivity index (χ1n) is 8.16. The van der Waals surface area contributed by atoms with E-state index in [2.05, 4.69) is 15.6 Å². The SMILES string of the molecule is COc1ccccc1C(=O)NC(=Nc1ccccc1)Nc1ccccc1. The molecule has 0 aliphatic heterocycles. The fourth-order valence-electron chi connectivity index (χ4n) is 2.38. The van der Waals surface area contributed by atoms with Gasteiger partial charge in [0.15, 0.2) is 0 Å². The van der Waals surface area contributed by atoms with Gasteiger partial charge in [-0.2, -0.15) is 0 Å². The summed E-state index contributed by atoms with van der Waals surface area (Å²) in [7, 11) is 1.54. The van der Waals surface area contributed by atoms with Gasteiger partial charge in [0.2, 0.25) is 5.96 Å². The van der Waals surface area contributed by atoms with Crippen LogP contribution in [-0.4, -0.2) is 19.0 Å². The van der Waals surface area contributed by atoms with Crippen LogP contribution in [0, 0.1) is 0 Å². The van der Waals surface area contributed by atoms with Gasteiger partial charge in [-0.1, -0.05) is 48.5 Å². The van der Waals surface area contributed by atoms with E-state index < -0.39 is 0 Å². The van der Waals surface area contributed by atoms with Crippen molar-refractivity contribution in [2.45, 2.75) is 0 Å². The summed E-state index contributed by atoms with van der Waals surface area (Å²) in [5.41, 5.74) is 1.99. The molecule has 0 saturated heterocycles. The van der Waals surface area contributed by atoms with Crippen LogP contribution in [0.3, 0.4) is 0 Å². The number of guanidine groups is 1. The third-order valence-electron chi connectivity index (χ3n) is 3.62. The van der Waals surface area contributed by atoms with Crippen LogP contribution in [0.15, 0.2) is 89.9 Å². The van der Waals surface area contributed by atoms with Gasteiger partial charge in [-0.3, -0.25) is 10.1 Å². The summed E-state index contributed by atoms with van der Waals surface area (Å²) in [4.78, 5) is 17.2. The van der Waals surface area contributed by atoms with E-state index in [1.54, 1.807) is 18.2 Å². The van der Waals surface area contributed by atoms with Gasteiger partial charge in [0.25, 0.3) is 5.91 Å². The van der Waals surface area contributed by atoms with E-state index in [0.717, 1.165) is 11.4 Å². The molecule has 0 radical (unpaired) electrons. The number of aliphatic imine (C=N–C) groups is 1. The van der Waals surface area contributed by atoms with Crippen LogP contribution in [-0.2, 0) is 0 Å². The number of anilines is 1. The van der Waals surface area contributed by atoms with E-state index in [1.165, 1.54) is 7.11 Å². The molecule has 3 aromatic rings. The smallest absolute Gasteiger partial charge is 0.261 e. The fraction of sp³-hybridized carbons (Fsp3) is 0.0476. The zero-order valence-corrected chi connectivity index (χ0v) is 14.3. The van der Waals surface area contributed by atoms with Crippen LogP contribution in [0.4, 0.5) is 11.4 Å². The van der Waals surface area contributed by atoms with Crippen LogP contribution in [0.25, 0.3) is 0 Å². The molecule has 0 aliphatic carbocycles. The van der Waals surface area contributed by atoms with Crippen molar-refractivity contribution in [1.82, 2.24) is 5.32 Å². The Hall–Kier alpha value is -3.60. The lowest BCUT2D eigenvalue weighted by molar-refractivity contribution is 0.0974. The van der Waals surface area contributed by atoms with E-state index in [0.29, 0.717) is 17.3 Å². The van der Waals surface area contributed by atoms with Gasteiger partial charge >= 0.3 is 0 Å². The second kappa shape index (κ2) is 8.48. The van der Waals surface area contributed by atoms with Gasteiger partial charge in [-0.15, -0.1) is 0 Å². The maximum atomic E-state index is 12.7. The number of rotatable bonds is 4. The van der Waals surface area contributed by atoms with Crippen LogP contribution >= 0.6 is 0 Å². The number of nitrogens with zero attached hydrogens (tertiary/aromatic N) is 1. The molecule has 0 atom stereocenters. The van der Waals surface area contributed by atoms with Crippen molar-refractivity contribution in [3.63, 3.8) is 0 Å². The highest BCUT2D eigenvalue weighted by Gasteiger charge is 2.14. The number of methoxy groups -OCH3 is 1. The lowest BCUT2D eigenvalue weighted by Gasteiger charge is -2.13. The van der Waals surface area contributed by atoms with Crippen LogP contribution in [0.2, 0.25) is 0 Å². The second-order valence-corrected chi connectivity index (χ2v) is 5.44. The normalized spacial score (nSPS) is 10.9. The molecule has 0 aromatic heterocycles. The summed E-state index contributed by atoms with van der Waals surface area (Å²) in [5, 5.41) is 5.97. The van der Waals surface area contributed by atoms with Gasteiger partial charge in [-0.25, -0.2) is 4.99 Å². The Morgan fingerprint density at radius 2 is 1.46 bits per heavy atom. The number of hydrogen-bond donors (Lipinski definition) is 2. The average molecular weight is 345 g/mol. The zero-order chi connectivity index (χ0) is 18.2. The van der Waals surface area contributed by atoms with Crippen LogP contribution in [0.1, 0.15) is 10.4 Å². The first-order chi connectivity index (χ1) is 12.8. The number of benzene rings is 3. The molecule has 3 aromatic carbocycles. The standard InChI is InChI=1S/C21H19N3O2/c1-26-19-15-9-8-14-18(19)20(25)24-21(22-16-10-4-2-5-11-16)23-17-12-6-3-7-13-17/h2-15H,1H3,(H2,22,23,24,25). The Morgan fingerprint density at radius 1 is 0.846 bits per heavy atom. The molecule has 5 heteroatoms. The predicted molar refractivity (Wildman–Crippen MR) is 104 cm³/mol. The van der Waals surface area contributed by atoms with Crippen molar-refractivity contribution in [2.24, 2.45) is 4.99 Å². The number of ether oxygens (including phenoxy) is 1. The fourth-order valence-corrected chi connectivity index (χ4v) is 2.38. The van der Waals surface area contributed by atoms with Crippen molar-refractivity contribution in [3.8, 4) is 5.75 Å². The Morgan fingerprint density at radius 3 is 2.15 bits per heavy atom. The van der Waals surface area contributed by atoms with Gasteiger partial charge in [0, 0.05) is 5.69 Å². The Kier molecular flexibility index (Phi) is 5.62. The highest BCUT2D eigenvalue weighted by atomic mass is 16.5. The topological polar surface area (TPSA) is 62.7 Å². The highest BCUT2D eigenvalue weighted by Crippen LogP contribution is 2.17. The van der Waals surface area contributed by atoms with E-state index >= 15 is 0 Å². The third-order valence-corrected chi connectivity index (χ3v) is 3.62. The molecule has 3 rings (SSSR count). The molecule has 0 spiro atoms. The first kappa shape index (κ1) is 17.2. The van der Waals surface area contributed by atoms with E-state index in [4.69, 9.17) is 4.74 Å². The lowest BCUT2D eigenvalue weighted by Crippen LogP contribution is -2.36. The number of carbonyl (C=O) groups excluding carboxylic acids is 1. The Bertz CT molecular complexity index is 893. The minimum atomic E-state index is -0.305. The third kappa shape index (κ3) is 4.48. The van der Waals surface area contributed by atoms with Crippen LogP contribution in [0.5, 0.6) is 5.75 Å². The maximum Gasteiger partial charge on any atom is 0.261 e.